The Kier molecular flexibility index (Phi) is 5.67. The number of nitrogens with one attached hydrogen (secondary N) is 2. The van der Waals surface area contributed by atoms with Crippen molar-refractivity contribution < 1.29 is 4.74 Å². The van der Waals surface area contributed by atoms with E-state index in [-0.39, 0.29) is 11.6 Å². The van der Waals surface area contributed by atoms with Crippen molar-refractivity contribution in [2.24, 2.45) is 0 Å². The molecule has 7 heteroatoms. The zero-order chi connectivity index (χ0) is 21.0. The minimum absolute atomic E-state index is 0.0738. The highest BCUT2D eigenvalue weighted by molar-refractivity contribution is 5.42. The van der Waals surface area contributed by atoms with Crippen molar-refractivity contribution in [1.82, 2.24) is 19.9 Å². The third kappa shape index (κ3) is 4.61. The first-order chi connectivity index (χ1) is 15.2. The van der Waals surface area contributed by atoms with E-state index in [4.69, 9.17) is 9.72 Å². The first-order valence-corrected chi connectivity index (χ1v) is 11.0. The van der Waals surface area contributed by atoms with Gasteiger partial charge in [-0.1, -0.05) is 24.3 Å². The third-order valence-electron chi connectivity index (χ3n) is 6.17. The summed E-state index contributed by atoms with van der Waals surface area (Å²) in [4.78, 5) is 26.7. The lowest BCUT2D eigenvalue weighted by molar-refractivity contribution is 0.203. The number of nitrogens with zero attached hydrogens (tertiary/aromatic N) is 3. The number of anilines is 1. The maximum absolute atomic E-state index is 12.4. The highest BCUT2D eigenvalue weighted by Gasteiger charge is 2.24. The van der Waals surface area contributed by atoms with Crippen LogP contribution in [0, 0.1) is 0 Å². The highest BCUT2D eigenvalue weighted by Crippen LogP contribution is 2.34. The van der Waals surface area contributed by atoms with Crippen LogP contribution in [-0.2, 0) is 6.54 Å². The Morgan fingerprint density at radius 1 is 1.13 bits per heavy atom. The number of para-hydroxylation sites is 1. The molecule has 2 N–H and O–H groups in total. The fourth-order valence-corrected chi connectivity index (χ4v) is 4.55. The molecule has 1 fully saturated rings. The number of ether oxygens (including phenoxy) is 1. The lowest BCUT2D eigenvalue weighted by Crippen LogP contribution is -2.33. The van der Waals surface area contributed by atoms with Crippen molar-refractivity contribution in [3.63, 3.8) is 0 Å². The van der Waals surface area contributed by atoms with E-state index in [2.05, 4.69) is 32.3 Å². The molecule has 1 aromatic carbocycles. The summed E-state index contributed by atoms with van der Waals surface area (Å²) in [5, 5.41) is 3.43. The minimum atomic E-state index is -0.106. The maximum Gasteiger partial charge on any atom is 0.252 e. The number of hydrogen-bond acceptors (Lipinski definition) is 6. The SMILES string of the molecule is O=c1cc(C2CCN(Cc3cccnc3)CC2)nc(NC2CCOc3ccccc32)[nH]1. The Hall–Kier alpha value is -3.19. The fraction of sp³-hybridized carbons (Fsp3) is 0.375. The molecule has 1 atom stereocenters. The molecular weight excluding hydrogens is 390 g/mol. The largest absolute Gasteiger partial charge is 0.493 e. The Labute approximate surface area is 181 Å². The number of piperidine rings is 1. The molecule has 0 saturated carbocycles. The minimum Gasteiger partial charge on any atom is -0.493 e. The highest BCUT2D eigenvalue weighted by atomic mass is 16.5. The van der Waals surface area contributed by atoms with Gasteiger partial charge in [-0.3, -0.25) is 19.7 Å². The van der Waals surface area contributed by atoms with Gasteiger partial charge in [0, 0.05) is 42.9 Å². The summed E-state index contributed by atoms with van der Waals surface area (Å²) in [5.41, 5.74) is 3.11. The molecule has 2 aromatic heterocycles. The fourth-order valence-electron chi connectivity index (χ4n) is 4.55. The topological polar surface area (TPSA) is 83.1 Å². The summed E-state index contributed by atoms with van der Waals surface area (Å²) in [6.45, 7) is 3.54. The smallest absolute Gasteiger partial charge is 0.252 e. The number of aromatic nitrogens is 3. The lowest BCUT2D eigenvalue weighted by Gasteiger charge is -2.32. The second kappa shape index (κ2) is 8.89. The Bertz CT molecular complexity index is 1080. The maximum atomic E-state index is 12.4. The number of pyridine rings is 1. The molecule has 0 aliphatic carbocycles. The van der Waals surface area contributed by atoms with E-state index < -0.39 is 0 Å². The van der Waals surface area contributed by atoms with Crippen molar-refractivity contribution in [1.29, 1.82) is 0 Å². The zero-order valence-electron chi connectivity index (χ0n) is 17.5. The second-order valence-corrected chi connectivity index (χ2v) is 8.30. The van der Waals surface area contributed by atoms with Crippen LogP contribution in [0.1, 0.15) is 48.0 Å². The van der Waals surface area contributed by atoms with Gasteiger partial charge in [0.2, 0.25) is 5.95 Å². The van der Waals surface area contributed by atoms with Gasteiger partial charge in [0.25, 0.3) is 5.56 Å². The number of likely N-dealkylation sites (tertiary alicyclic amines) is 1. The van der Waals surface area contributed by atoms with Crippen molar-refractivity contribution >= 4 is 5.95 Å². The second-order valence-electron chi connectivity index (χ2n) is 8.30. The van der Waals surface area contributed by atoms with Gasteiger partial charge in [-0.2, -0.15) is 0 Å². The molecule has 1 saturated heterocycles. The predicted octanol–water partition coefficient (Wildman–Crippen LogP) is 3.48. The van der Waals surface area contributed by atoms with Crippen LogP contribution < -0.4 is 15.6 Å². The van der Waals surface area contributed by atoms with Crippen molar-refractivity contribution in [3.8, 4) is 5.75 Å². The number of rotatable bonds is 5. The zero-order valence-corrected chi connectivity index (χ0v) is 17.5. The van der Waals surface area contributed by atoms with Crippen LogP contribution in [0.25, 0.3) is 0 Å². The molecule has 2 aliphatic heterocycles. The summed E-state index contributed by atoms with van der Waals surface area (Å²) in [7, 11) is 0. The van der Waals surface area contributed by atoms with E-state index >= 15 is 0 Å². The molecule has 0 radical (unpaired) electrons. The van der Waals surface area contributed by atoms with Gasteiger partial charge >= 0.3 is 0 Å². The number of aromatic amines is 1. The van der Waals surface area contributed by atoms with E-state index in [1.54, 1.807) is 12.3 Å². The third-order valence-corrected chi connectivity index (χ3v) is 6.17. The molecule has 0 spiro atoms. The van der Waals surface area contributed by atoms with Gasteiger partial charge in [-0.15, -0.1) is 0 Å². The quantitative estimate of drug-likeness (QED) is 0.661. The summed E-state index contributed by atoms with van der Waals surface area (Å²) in [6.07, 6.45) is 6.56. The first kappa shape index (κ1) is 19.8. The Morgan fingerprint density at radius 3 is 2.84 bits per heavy atom. The molecule has 1 unspecified atom stereocenters. The van der Waals surface area contributed by atoms with Gasteiger partial charge < -0.3 is 10.1 Å². The van der Waals surface area contributed by atoms with Crippen LogP contribution >= 0.6 is 0 Å². The monoisotopic (exact) mass is 417 g/mol. The van der Waals surface area contributed by atoms with Crippen LogP contribution in [0.4, 0.5) is 5.95 Å². The van der Waals surface area contributed by atoms with Gasteiger partial charge in [-0.05, 0) is 43.6 Å². The van der Waals surface area contributed by atoms with Crippen LogP contribution in [0.15, 0.2) is 59.7 Å². The normalized spacial score (nSPS) is 19.4. The van der Waals surface area contributed by atoms with E-state index in [1.807, 2.05) is 30.5 Å². The number of hydrogen-bond donors (Lipinski definition) is 2. The molecule has 31 heavy (non-hydrogen) atoms. The molecule has 0 bridgehead atoms. The molecule has 7 nitrogen and oxygen atoms in total. The molecule has 0 amide bonds. The number of benzene rings is 1. The average molecular weight is 418 g/mol. The van der Waals surface area contributed by atoms with Gasteiger partial charge in [0.05, 0.1) is 18.3 Å². The Morgan fingerprint density at radius 2 is 2.00 bits per heavy atom. The van der Waals surface area contributed by atoms with Crippen LogP contribution in [0.5, 0.6) is 5.75 Å². The molecule has 3 aromatic rings. The van der Waals surface area contributed by atoms with Crippen molar-refractivity contribution in [3.05, 3.63) is 82.0 Å². The van der Waals surface area contributed by atoms with Gasteiger partial charge in [0.1, 0.15) is 5.75 Å². The van der Waals surface area contributed by atoms with E-state index in [1.165, 1.54) is 5.56 Å². The summed E-state index contributed by atoms with van der Waals surface area (Å²) >= 11 is 0. The van der Waals surface area contributed by atoms with Gasteiger partial charge in [0.15, 0.2) is 0 Å². The molecule has 4 heterocycles. The molecule has 5 rings (SSSR count). The van der Waals surface area contributed by atoms with Crippen molar-refractivity contribution in [2.45, 2.75) is 37.8 Å². The van der Waals surface area contributed by atoms with E-state index in [0.717, 1.165) is 55.9 Å². The predicted molar refractivity (Wildman–Crippen MR) is 119 cm³/mol. The summed E-state index contributed by atoms with van der Waals surface area (Å²) < 4.78 is 5.75. The molecule has 2 aliphatic rings. The number of H-pyrrole nitrogens is 1. The molecular formula is C24H27N5O2. The van der Waals surface area contributed by atoms with E-state index in [9.17, 15) is 4.79 Å². The van der Waals surface area contributed by atoms with Crippen LogP contribution in [-0.4, -0.2) is 39.5 Å². The lowest BCUT2D eigenvalue weighted by atomic mass is 9.93. The Balaban J connectivity index is 1.26. The van der Waals surface area contributed by atoms with Crippen LogP contribution in [0.3, 0.4) is 0 Å². The number of fused-ring (bicyclic) bond motifs is 1. The van der Waals surface area contributed by atoms with Gasteiger partial charge in [-0.25, -0.2) is 4.98 Å². The molecule has 160 valence electrons. The van der Waals surface area contributed by atoms with Crippen molar-refractivity contribution in [2.75, 3.05) is 25.0 Å². The summed E-state index contributed by atoms with van der Waals surface area (Å²) in [6, 6.07) is 13.9. The first-order valence-electron chi connectivity index (χ1n) is 11.0. The van der Waals surface area contributed by atoms with Crippen LogP contribution in [0.2, 0.25) is 0 Å². The summed E-state index contributed by atoms with van der Waals surface area (Å²) in [5.74, 6) is 1.74. The van der Waals surface area contributed by atoms with E-state index in [0.29, 0.717) is 18.5 Å². The average Bonchev–Trinajstić information content (AvgIpc) is 2.80. The standard InChI is InChI=1S/C24H27N5O2/c30-23-14-21(18-7-11-29(12-8-18)16-17-4-3-10-25-15-17)27-24(28-23)26-20-9-13-31-22-6-2-1-5-19(20)22/h1-6,10,14-15,18,20H,7-9,11-13,16H2,(H2,26,27,28,30).